The van der Waals surface area contributed by atoms with Gasteiger partial charge in [-0.05, 0) is 29.7 Å². The van der Waals surface area contributed by atoms with Gasteiger partial charge in [-0.1, -0.05) is 36.4 Å². The van der Waals surface area contributed by atoms with E-state index in [-0.39, 0.29) is 12.8 Å². The van der Waals surface area contributed by atoms with E-state index in [0.717, 1.165) is 32.9 Å². The van der Waals surface area contributed by atoms with E-state index in [9.17, 15) is 24.3 Å². The highest BCUT2D eigenvalue weighted by atomic mass is 16.4. The van der Waals surface area contributed by atoms with Crippen molar-refractivity contribution in [3.63, 3.8) is 0 Å². The summed E-state index contributed by atoms with van der Waals surface area (Å²) < 4.78 is 0. The molecule has 11 nitrogen and oxygen atoms in total. The molecule has 2 heterocycles. The molecule has 3 atom stereocenters. The lowest BCUT2D eigenvalue weighted by atomic mass is 10.0. The number of benzene rings is 2. The van der Waals surface area contributed by atoms with Gasteiger partial charge >= 0.3 is 5.97 Å². The van der Waals surface area contributed by atoms with Gasteiger partial charge in [-0.2, -0.15) is 0 Å². The number of aliphatic carboxylic acids is 1. The van der Waals surface area contributed by atoms with E-state index in [4.69, 9.17) is 11.5 Å². The number of carbonyl (C=O) groups excluding carboxylic acids is 3. The van der Waals surface area contributed by atoms with Gasteiger partial charge in [-0.15, -0.1) is 0 Å². The number of aromatic amines is 2. The van der Waals surface area contributed by atoms with Gasteiger partial charge in [-0.3, -0.25) is 14.4 Å². The number of amides is 3. The van der Waals surface area contributed by atoms with E-state index >= 15 is 0 Å². The second-order valence-corrected chi connectivity index (χ2v) is 8.86. The number of nitrogens with one attached hydrogen (secondary N) is 4. The molecule has 0 aliphatic rings. The highest BCUT2D eigenvalue weighted by Crippen LogP contribution is 2.20. The van der Waals surface area contributed by atoms with Crippen molar-refractivity contribution in [2.75, 3.05) is 0 Å². The molecule has 192 valence electrons. The Morgan fingerprint density at radius 1 is 0.784 bits per heavy atom. The minimum Gasteiger partial charge on any atom is -0.480 e. The summed E-state index contributed by atoms with van der Waals surface area (Å²) in [4.78, 5) is 55.3. The zero-order chi connectivity index (χ0) is 26.5. The molecule has 0 aliphatic carbocycles. The zero-order valence-electron chi connectivity index (χ0n) is 19.9. The van der Waals surface area contributed by atoms with Crippen molar-refractivity contribution in [3.8, 4) is 0 Å². The number of hydrogen-bond acceptors (Lipinski definition) is 5. The number of carbonyl (C=O) groups is 4. The van der Waals surface area contributed by atoms with Crippen LogP contribution in [0.15, 0.2) is 60.9 Å². The van der Waals surface area contributed by atoms with Crippen LogP contribution >= 0.6 is 0 Å². The minimum absolute atomic E-state index is 0.0598. The first kappa shape index (κ1) is 25.5. The van der Waals surface area contributed by atoms with E-state index in [2.05, 4.69) is 20.6 Å². The van der Waals surface area contributed by atoms with Gasteiger partial charge in [0.25, 0.3) is 0 Å². The van der Waals surface area contributed by atoms with Crippen molar-refractivity contribution in [1.29, 1.82) is 0 Å². The van der Waals surface area contributed by atoms with Crippen LogP contribution < -0.4 is 22.1 Å². The number of para-hydroxylation sites is 2. The van der Waals surface area contributed by atoms with Crippen LogP contribution in [0.3, 0.4) is 0 Å². The van der Waals surface area contributed by atoms with Crippen LogP contribution in [0.25, 0.3) is 21.8 Å². The van der Waals surface area contributed by atoms with Crippen LogP contribution in [0.2, 0.25) is 0 Å². The molecule has 0 radical (unpaired) electrons. The summed E-state index contributed by atoms with van der Waals surface area (Å²) in [6.45, 7) is 0. The number of fused-ring (bicyclic) bond motifs is 2. The first-order chi connectivity index (χ1) is 17.7. The van der Waals surface area contributed by atoms with Crippen molar-refractivity contribution < 1.29 is 24.3 Å². The molecule has 2 aromatic heterocycles. The van der Waals surface area contributed by atoms with Gasteiger partial charge in [0.1, 0.15) is 12.1 Å². The summed E-state index contributed by atoms with van der Waals surface area (Å²) >= 11 is 0. The van der Waals surface area contributed by atoms with Crippen molar-refractivity contribution in [2.24, 2.45) is 11.5 Å². The Morgan fingerprint density at radius 3 is 1.84 bits per heavy atom. The number of carboxylic acids is 1. The molecular weight excluding hydrogens is 476 g/mol. The predicted octanol–water partition coefficient (Wildman–Crippen LogP) is 0.691. The molecule has 4 rings (SSSR count). The Hall–Kier alpha value is -4.64. The second-order valence-electron chi connectivity index (χ2n) is 8.86. The Morgan fingerprint density at radius 2 is 1.30 bits per heavy atom. The molecule has 0 aliphatic heterocycles. The van der Waals surface area contributed by atoms with Crippen LogP contribution in [-0.2, 0) is 32.0 Å². The Kier molecular flexibility index (Phi) is 7.54. The lowest BCUT2D eigenvalue weighted by Gasteiger charge is -2.22. The third kappa shape index (κ3) is 5.96. The number of aromatic nitrogens is 2. The Bertz CT molecular complexity index is 1460. The predicted molar refractivity (Wildman–Crippen MR) is 137 cm³/mol. The molecule has 4 aromatic rings. The van der Waals surface area contributed by atoms with Gasteiger partial charge in [0, 0.05) is 40.6 Å². The van der Waals surface area contributed by atoms with Crippen LogP contribution in [0.1, 0.15) is 17.5 Å². The molecule has 2 aromatic carbocycles. The lowest BCUT2D eigenvalue weighted by Crippen LogP contribution is -2.56. The molecule has 0 saturated carbocycles. The van der Waals surface area contributed by atoms with Crippen molar-refractivity contribution >= 4 is 45.5 Å². The lowest BCUT2D eigenvalue weighted by molar-refractivity contribution is -0.143. The molecule has 0 bridgehead atoms. The number of hydrogen-bond donors (Lipinski definition) is 7. The third-order valence-corrected chi connectivity index (χ3v) is 6.20. The molecule has 0 unspecified atom stereocenters. The summed E-state index contributed by atoms with van der Waals surface area (Å²) in [5, 5.41) is 16.2. The third-order valence-electron chi connectivity index (χ3n) is 6.20. The molecule has 37 heavy (non-hydrogen) atoms. The van der Waals surface area contributed by atoms with E-state index in [0.29, 0.717) is 0 Å². The summed E-state index contributed by atoms with van der Waals surface area (Å²) in [5.74, 6) is -3.65. The largest absolute Gasteiger partial charge is 0.480 e. The van der Waals surface area contributed by atoms with E-state index in [1.807, 2.05) is 48.5 Å². The summed E-state index contributed by atoms with van der Waals surface area (Å²) in [6, 6.07) is 11.4. The summed E-state index contributed by atoms with van der Waals surface area (Å²) in [5.41, 5.74) is 14.7. The maximum atomic E-state index is 13.2. The van der Waals surface area contributed by atoms with Crippen LogP contribution in [-0.4, -0.2) is 56.9 Å². The number of H-pyrrole nitrogens is 2. The van der Waals surface area contributed by atoms with E-state index < -0.39 is 48.2 Å². The molecule has 11 heteroatoms. The minimum atomic E-state index is -1.53. The SMILES string of the molecule is NC(=O)C[C@H](NC(=O)[C@H](Cc1c[nH]c2ccccc12)NC(=O)[C@@H](N)Cc1c[nH]c2ccccc12)C(=O)O. The number of carboxylic acid groups (broad SMARTS) is 1. The summed E-state index contributed by atoms with van der Waals surface area (Å²) in [7, 11) is 0. The summed E-state index contributed by atoms with van der Waals surface area (Å²) in [6.07, 6.45) is 3.20. The highest BCUT2D eigenvalue weighted by Gasteiger charge is 2.30. The molecule has 0 saturated heterocycles. The van der Waals surface area contributed by atoms with Gasteiger partial charge in [0.2, 0.25) is 17.7 Å². The van der Waals surface area contributed by atoms with Gasteiger partial charge in [0.05, 0.1) is 12.5 Å². The van der Waals surface area contributed by atoms with Gasteiger partial charge in [0.15, 0.2) is 0 Å². The van der Waals surface area contributed by atoms with Crippen LogP contribution in [0.5, 0.6) is 0 Å². The average Bonchev–Trinajstić information content (AvgIpc) is 3.47. The monoisotopic (exact) mass is 504 g/mol. The molecule has 0 spiro atoms. The maximum Gasteiger partial charge on any atom is 0.326 e. The van der Waals surface area contributed by atoms with E-state index in [1.54, 1.807) is 12.4 Å². The van der Waals surface area contributed by atoms with E-state index in [1.165, 1.54) is 0 Å². The fourth-order valence-electron chi connectivity index (χ4n) is 4.31. The van der Waals surface area contributed by atoms with Crippen LogP contribution in [0, 0.1) is 0 Å². The highest BCUT2D eigenvalue weighted by molar-refractivity contribution is 5.94. The Labute approximate surface area is 211 Å². The quantitative estimate of drug-likeness (QED) is 0.157. The molecular formula is C26H28N6O5. The van der Waals surface area contributed by atoms with Gasteiger partial charge < -0.3 is 37.2 Å². The fourth-order valence-corrected chi connectivity index (χ4v) is 4.31. The topological polar surface area (TPSA) is 196 Å². The first-order valence-corrected chi connectivity index (χ1v) is 11.7. The fraction of sp³-hybridized carbons (Fsp3) is 0.231. The standard InChI is InChI=1S/C26H28N6O5/c27-18(9-14-12-29-19-7-3-1-5-16(14)19)24(34)31-21(25(35)32-22(26(36)37)11-23(28)33)10-15-13-30-20-8-4-2-6-17(15)20/h1-8,12-13,18,21-22,29-30H,9-11,27H2,(H2,28,33)(H,31,34)(H,32,35)(H,36,37)/t18-,21-,22-/m0/s1. The van der Waals surface area contributed by atoms with Crippen molar-refractivity contribution in [2.45, 2.75) is 37.4 Å². The molecule has 9 N–H and O–H groups in total. The second kappa shape index (κ2) is 11.0. The number of rotatable bonds is 11. The van der Waals surface area contributed by atoms with Crippen LogP contribution in [0.4, 0.5) is 0 Å². The van der Waals surface area contributed by atoms with Gasteiger partial charge in [-0.25, -0.2) is 4.79 Å². The van der Waals surface area contributed by atoms with Crippen molar-refractivity contribution in [3.05, 3.63) is 72.1 Å². The first-order valence-electron chi connectivity index (χ1n) is 11.7. The van der Waals surface area contributed by atoms with Crippen molar-refractivity contribution in [1.82, 2.24) is 20.6 Å². The number of primary amides is 1. The average molecular weight is 505 g/mol. The molecule has 3 amide bonds. The maximum absolute atomic E-state index is 13.2. The number of nitrogens with two attached hydrogens (primary N) is 2. The normalized spacial score (nSPS) is 13.6. The molecule has 0 fully saturated rings. The smallest absolute Gasteiger partial charge is 0.326 e. The zero-order valence-corrected chi connectivity index (χ0v) is 19.9. The Balaban J connectivity index is 1.54.